The predicted molar refractivity (Wildman–Crippen MR) is 148 cm³/mol. The van der Waals surface area contributed by atoms with Gasteiger partial charge in [-0.1, -0.05) is 0 Å². The first-order valence-electron chi connectivity index (χ1n) is 12.5. The number of aromatic nitrogens is 3. The fourth-order valence-corrected chi connectivity index (χ4v) is 4.38. The highest BCUT2D eigenvalue weighted by Gasteiger charge is 2.34. The highest BCUT2D eigenvalue weighted by atomic mass is 19.4. The Morgan fingerprint density at radius 2 is 1.78 bits per heavy atom. The Hall–Kier alpha value is -5.42. The van der Waals surface area contributed by atoms with Gasteiger partial charge in [-0.05, 0) is 35.9 Å². The normalized spacial score (nSPS) is 12.3. The standard InChI is InChI=1S/C27H22F7N7O4/c1-40-23-17(13-3-18(28)24(20(4-13)44-2)45-11-21(36)38-12-35)6-14(26(29,30)31)7-19(23)41(25(40)43)10-22(42)39-16-5-15(8-37-9-16)27(32,33)34/h3-9,12H,10-11H2,1-2H3,(H,39,42)(H3,35,36,38). The van der Waals surface area contributed by atoms with Crippen LogP contribution in [0.3, 0.4) is 0 Å². The molecule has 45 heavy (non-hydrogen) atoms. The molecule has 0 atom stereocenters. The van der Waals surface area contributed by atoms with Crippen molar-refractivity contribution in [3.05, 3.63) is 70.2 Å². The van der Waals surface area contributed by atoms with Crippen LogP contribution in [0.4, 0.5) is 36.4 Å². The lowest BCUT2D eigenvalue weighted by atomic mass is 9.99. The van der Waals surface area contributed by atoms with Gasteiger partial charge in [0.25, 0.3) is 0 Å². The summed E-state index contributed by atoms with van der Waals surface area (Å²) in [4.78, 5) is 32.9. The molecule has 11 nitrogen and oxygen atoms in total. The number of nitrogens with one attached hydrogen (secondary N) is 2. The van der Waals surface area contributed by atoms with Crippen LogP contribution < -0.4 is 26.2 Å². The largest absolute Gasteiger partial charge is 0.493 e. The van der Waals surface area contributed by atoms with Crippen LogP contribution in [-0.4, -0.2) is 45.9 Å². The van der Waals surface area contributed by atoms with Crippen LogP contribution >= 0.6 is 0 Å². The van der Waals surface area contributed by atoms with Gasteiger partial charge < -0.3 is 20.5 Å². The maximum absolute atomic E-state index is 15.3. The van der Waals surface area contributed by atoms with E-state index in [0.717, 1.165) is 30.0 Å². The van der Waals surface area contributed by atoms with Crippen molar-refractivity contribution in [2.45, 2.75) is 18.9 Å². The van der Waals surface area contributed by atoms with Gasteiger partial charge in [-0.25, -0.2) is 14.2 Å². The number of aryl methyl sites for hydroxylation is 1. The Morgan fingerprint density at radius 3 is 2.40 bits per heavy atom. The lowest BCUT2D eigenvalue weighted by Crippen LogP contribution is -2.28. The molecule has 4 aromatic rings. The van der Waals surface area contributed by atoms with E-state index >= 15 is 4.39 Å². The van der Waals surface area contributed by atoms with Gasteiger partial charge in [-0.15, -0.1) is 0 Å². The number of anilines is 1. The van der Waals surface area contributed by atoms with Crippen molar-refractivity contribution in [1.29, 1.82) is 5.41 Å². The molecule has 0 saturated carbocycles. The van der Waals surface area contributed by atoms with E-state index in [2.05, 4.69) is 15.3 Å². The SMILES string of the molecule is COc1cc(-c2cc(C(F)(F)F)cc3c2n(C)c(=O)n3CC(=O)Nc2cncc(C(F)(F)F)c2)cc(F)c1OCC(N)=NC=N. The number of hydrogen-bond acceptors (Lipinski definition) is 6. The van der Waals surface area contributed by atoms with Crippen LogP contribution in [0, 0.1) is 11.2 Å². The zero-order chi connectivity index (χ0) is 33.3. The van der Waals surface area contributed by atoms with Crippen LogP contribution in [-0.2, 0) is 30.7 Å². The van der Waals surface area contributed by atoms with E-state index in [1.807, 2.05) is 0 Å². The molecule has 0 radical (unpaired) electrons. The second-order valence-corrected chi connectivity index (χ2v) is 9.35. The van der Waals surface area contributed by atoms with Gasteiger partial charge in [0, 0.05) is 18.8 Å². The maximum atomic E-state index is 15.3. The number of hydrogen-bond donors (Lipinski definition) is 3. The third kappa shape index (κ3) is 6.89. The molecule has 4 N–H and O–H groups in total. The fraction of sp³-hybridized carbons (Fsp3) is 0.222. The summed E-state index contributed by atoms with van der Waals surface area (Å²) in [7, 11) is 2.36. The van der Waals surface area contributed by atoms with E-state index in [1.165, 1.54) is 7.05 Å². The number of alkyl halides is 6. The zero-order valence-electron chi connectivity index (χ0n) is 23.2. The van der Waals surface area contributed by atoms with E-state index in [4.69, 9.17) is 20.6 Å². The summed E-state index contributed by atoms with van der Waals surface area (Å²) in [5.41, 5.74) is 0.882. The van der Waals surface area contributed by atoms with Gasteiger partial charge in [0.2, 0.25) is 5.91 Å². The van der Waals surface area contributed by atoms with Crippen LogP contribution in [0.1, 0.15) is 11.1 Å². The molecule has 0 unspecified atom stereocenters. The number of rotatable bonds is 9. The van der Waals surface area contributed by atoms with Crippen molar-refractivity contribution in [3.63, 3.8) is 0 Å². The molecule has 18 heteroatoms. The number of aliphatic imine (C=N–C) groups is 1. The molecule has 238 valence electrons. The smallest absolute Gasteiger partial charge is 0.417 e. The van der Waals surface area contributed by atoms with E-state index in [1.54, 1.807) is 0 Å². The minimum atomic E-state index is -4.96. The first-order valence-corrected chi connectivity index (χ1v) is 12.5. The highest BCUT2D eigenvalue weighted by molar-refractivity contribution is 5.96. The highest BCUT2D eigenvalue weighted by Crippen LogP contribution is 2.41. The van der Waals surface area contributed by atoms with E-state index in [-0.39, 0.29) is 39.4 Å². The average Bonchev–Trinajstić information content (AvgIpc) is 3.19. The molecule has 0 spiro atoms. The lowest BCUT2D eigenvalue weighted by molar-refractivity contribution is -0.138. The first-order chi connectivity index (χ1) is 21.0. The number of ether oxygens (including phenoxy) is 2. The minimum absolute atomic E-state index is 0.126. The first kappa shape index (κ1) is 32.5. The van der Waals surface area contributed by atoms with Crippen molar-refractivity contribution in [2.24, 2.45) is 17.8 Å². The molecule has 0 fully saturated rings. The van der Waals surface area contributed by atoms with Crippen LogP contribution in [0.25, 0.3) is 22.2 Å². The second-order valence-electron chi connectivity index (χ2n) is 9.35. The van der Waals surface area contributed by atoms with Crippen molar-refractivity contribution >= 4 is 34.8 Å². The molecule has 2 aromatic heterocycles. The Morgan fingerprint density at radius 1 is 1.09 bits per heavy atom. The van der Waals surface area contributed by atoms with Gasteiger partial charge in [-0.3, -0.25) is 24.3 Å². The number of carbonyl (C=O) groups excluding carboxylic acids is 1. The number of pyridine rings is 1. The quantitative estimate of drug-likeness (QED) is 0.139. The third-order valence-corrected chi connectivity index (χ3v) is 6.35. The summed E-state index contributed by atoms with van der Waals surface area (Å²) >= 11 is 0. The van der Waals surface area contributed by atoms with Gasteiger partial charge in [0.1, 0.15) is 25.3 Å². The second kappa shape index (κ2) is 12.3. The summed E-state index contributed by atoms with van der Waals surface area (Å²) in [5.74, 6) is -3.00. The number of imidazole rings is 1. The predicted octanol–water partition coefficient (Wildman–Crippen LogP) is 4.57. The Kier molecular flexibility index (Phi) is 8.87. The van der Waals surface area contributed by atoms with Crippen molar-refractivity contribution in [1.82, 2.24) is 14.1 Å². The average molecular weight is 642 g/mol. The number of nitrogens with zero attached hydrogens (tertiary/aromatic N) is 4. The topological polar surface area (TPSA) is 150 Å². The summed E-state index contributed by atoms with van der Waals surface area (Å²) in [6.07, 6.45) is -7.63. The number of carbonyl (C=O) groups is 1. The molecular formula is C27H22F7N7O4. The van der Waals surface area contributed by atoms with Gasteiger partial charge in [0.15, 0.2) is 17.3 Å². The summed E-state index contributed by atoms with van der Waals surface area (Å²) < 4.78 is 109. The Balaban J connectivity index is 1.83. The van der Waals surface area contributed by atoms with Gasteiger partial charge >= 0.3 is 18.0 Å². The number of halogens is 7. The fourth-order valence-electron chi connectivity index (χ4n) is 4.38. The molecule has 2 aromatic carbocycles. The molecule has 4 rings (SSSR count). The summed E-state index contributed by atoms with van der Waals surface area (Å²) in [6, 6.07) is 3.90. The van der Waals surface area contributed by atoms with Crippen LogP contribution in [0.2, 0.25) is 0 Å². The Bertz CT molecular complexity index is 1880. The third-order valence-electron chi connectivity index (χ3n) is 6.35. The molecule has 2 heterocycles. The zero-order valence-corrected chi connectivity index (χ0v) is 23.2. The van der Waals surface area contributed by atoms with E-state index in [9.17, 15) is 35.9 Å². The van der Waals surface area contributed by atoms with Crippen molar-refractivity contribution in [3.8, 4) is 22.6 Å². The Labute approximate surface area is 248 Å². The number of amides is 1. The molecule has 0 bridgehead atoms. The van der Waals surface area contributed by atoms with Crippen LogP contribution in [0.5, 0.6) is 11.5 Å². The maximum Gasteiger partial charge on any atom is 0.417 e. The minimum Gasteiger partial charge on any atom is -0.493 e. The molecule has 0 aliphatic rings. The van der Waals surface area contributed by atoms with Crippen molar-refractivity contribution < 1.29 is 45.0 Å². The van der Waals surface area contributed by atoms with E-state index in [0.29, 0.717) is 35.3 Å². The van der Waals surface area contributed by atoms with Crippen LogP contribution in [0.15, 0.2) is 52.5 Å². The van der Waals surface area contributed by atoms with Crippen molar-refractivity contribution in [2.75, 3.05) is 19.0 Å². The number of fused-ring (bicyclic) bond motifs is 1. The lowest BCUT2D eigenvalue weighted by Gasteiger charge is -2.16. The molecular weight excluding hydrogens is 619 g/mol. The molecule has 0 saturated heterocycles. The summed E-state index contributed by atoms with van der Waals surface area (Å²) in [6.45, 7) is -1.35. The summed E-state index contributed by atoms with van der Waals surface area (Å²) in [5, 5.41) is 9.07. The van der Waals surface area contributed by atoms with Gasteiger partial charge in [0.05, 0.1) is 41.2 Å². The molecule has 0 aliphatic heterocycles. The number of methoxy groups -OCH3 is 1. The number of amidine groups is 1. The molecule has 1 amide bonds. The van der Waals surface area contributed by atoms with Gasteiger partial charge in [-0.2, -0.15) is 26.3 Å². The number of nitrogens with two attached hydrogens (primary N) is 1. The molecule has 0 aliphatic carbocycles. The monoisotopic (exact) mass is 641 g/mol. The number of benzene rings is 2. The van der Waals surface area contributed by atoms with E-state index < -0.39 is 59.8 Å².